The zero-order valence-electron chi connectivity index (χ0n) is 15.7. The van der Waals surface area contributed by atoms with Crippen molar-refractivity contribution < 1.29 is 19.1 Å². The third kappa shape index (κ3) is 6.38. The lowest BCUT2D eigenvalue weighted by Crippen LogP contribution is -2.38. The molecule has 0 spiro atoms. The molecule has 0 aliphatic rings. The number of methoxy groups -OCH3 is 1. The summed E-state index contributed by atoms with van der Waals surface area (Å²) in [6.07, 6.45) is 2.15. The Morgan fingerprint density at radius 2 is 1.89 bits per heavy atom. The number of benzene rings is 2. The van der Waals surface area contributed by atoms with Crippen molar-refractivity contribution in [3.8, 4) is 11.5 Å². The third-order valence-electron chi connectivity index (χ3n) is 3.64. The molecular formula is C20H22BrN3O4. The van der Waals surface area contributed by atoms with Gasteiger partial charge >= 0.3 is 11.8 Å². The van der Waals surface area contributed by atoms with Gasteiger partial charge in [-0.05, 0) is 36.2 Å². The van der Waals surface area contributed by atoms with Crippen molar-refractivity contribution in [3.63, 3.8) is 0 Å². The van der Waals surface area contributed by atoms with Gasteiger partial charge in [-0.25, -0.2) is 5.43 Å². The minimum Gasteiger partial charge on any atom is -0.493 e. The number of halogens is 1. The van der Waals surface area contributed by atoms with E-state index >= 15 is 0 Å². The van der Waals surface area contributed by atoms with Crippen molar-refractivity contribution in [2.24, 2.45) is 5.10 Å². The van der Waals surface area contributed by atoms with Gasteiger partial charge in [0.2, 0.25) is 0 Å². The van der Waals surface area contributed by atoms with Gasteiger partial charge in [0, 0.05) is 16.6 Å². The molecule has 2 aromatic rings. The second kappa shape index (κ2) is 11.1. The molecule has 2 N–H and O–H groups in total. The number of carbonyl (C=O) groups excluding carboxylic acids is 2. The summed E-state index contributed by atoms with van der Waals surface area (Å²) in [5.41, 5.74) is 3.79. The van der Waals surface area contributed by atoms with Crippen LogP contribution in [0.25, 0.3) is 0 Å². The van der Waals surface area contributed by atoms with Crippen LogP contribution in [0.1, 0.15) is 24.5 Å². The zero-order chi connectivity index (χ0) is 20.4. The molecule has 0 unspecified atom stereocenters. The maximum absolute atomic E-state index is 11.7. The van der Waals surface area contributed by atoms with Gasteiger partial charge in [-0.3, -0.25) is 9.59 Å². The van der Waals surface area contributed by atoms with Gasteiger partial charge in [-0.1, -0.05) is 41.1 Å². The number of rotatable bonds is 8. The number of para-hydroxylation sites is 1. The average molecular weight is 448 g/mol. The molecule has 0 heterocycles. The molecule has 2 aromatic carbocycles. The van der Waals surface area contributed by atoms with Crippen LogP contribution in [0.2, 0.25) is 0 Å². The molecule has 0 radical (unpaired) electrons. The summed E-state index contributed by atoms with van der Waals surface area (Å²) >= 11 is 3.40. The van der Waals surface area contributed by atoms with Crippen LogP contribution in [0.4, 0.5) is 0 Å². The van der Waals surface area contributed by atoms with E-state index in [1.807, 2.05) is 31.2 Å². The maximum atomic E-state index is 11.7. The summed E-state index contributed by atoms with van der Waals surface area (Å²) in [6.45, 7) is 2.66. The molecule has 0 saturated heterocycles. The number of amides is 2. The predicted molar refractivity (Wildman–Crippen MR) is 111 cm³/mol. The van der Waals surface area contributed by atoms with E-state index in [0.29, 0.717) is 30.2 Å². The smallest absolute Gasteiger partial charge is 0.329 e. The molecule has 2 amide bonds. The number of ether oxygens (including phenoxy) is 2. The summed E-state index contributed by atoms with van der Waals surface area (Å²) in [5, 5.41) is 6.33. The molecule has 8 heteroatoms. The monoisotopic (exact) mass is 447 g/mol. The maximum Gasteiger partial charge on any atom is 0.329 e. The number of carbonyl (C=O) groups is 2. The van der Waals surface area contributed by atoms with Crippen LogP contribution in [-0.4, -0.2) is 31.7 Å². The van der Waals surface area contributed by atoms with Gasteiger partial charge in [0.25, 0.3) is 0 Å². The highest BCUT2D eigenvalue weighted by atomic mass is 79.9. The van der Waals surface area contributed by atoms with Crippen molar-refractivity contribution in [1.29, 1.82) is 0 Å². The van der Waals surface area contributed by atoms with E-state index in [1.54, 1.807) is 25.3 Å². The number of hydrogen-bond donors (Lipinski definition) is 2. The van der Waals surface area contributed by atoms with Gasteiger partial charge in [0.1, 0.15) is 6.61 Å². The Morgan fingerprint density at radius 3 is 2.57 bits per heavy atom. The fraction of sp³-hybridized carbons (Fsp3) is 0.250. The predicted octanol–water partition coefficient (Wildman–Crippen LogP) is 3.01. The summed E-state index contributed by atoms with van der Waals surface area (Å²) in [6, 6.07) is 13.1. The molecule has 0 saturated carbocycles. The van der Waals surface area contributed by atoms with Crippen molar-refractivity contribution >= 4 is 34.0 Å². The minimum absolute atomic E-state index is 0.334. The van der Waals surface area contributed by atoms with Gasteiger partial charge < -0.3 is 14.8 Å². The van der Waals surface area contributed by atoms with E-state index in [2.05, 4.69) is 31.8 Å². The van der Waals surface area contributed by atoms with Gasteiger partial charge in [0.15, 0.2) is 11.5 Å². The van der Waals surface area contributed by atoms with Crippen molar-refractivity contribution in [2.45, 2.75) is 20.0 Å². The normalized spacial score (nSPS) is 10.5. The molecule has 0 aliphatic carbocycles. The van der Waals surface area contributed by atoms with E-state index in [-0.39, 0.29) is 0 Å². The largest absolute Gasteiger partial charge is 0.493 e. The number of hydrogen-bond acceptors (Lipinski definition) is 5. The Kier molecular flexibility index (Phi) is 8.48. The quantitative estimate of drug-likeness (QED) is 0.369. The van der Waals surface area contributed by atoms with Crippen molar-refractivity contribution in [3.05, 3.63) is 58.1 Å². The van der Waals surface area contributed by atoms with Crippen molar-refractivity contribution in [1.82, 2.24) is 10.7 Å². The van der Waals surface area contributed by atoms with E-state index in [4.69, 9.17) is 9.47 Å². The molecule has 0 fully saturated rings. The highest BCUT2D eigenvalue weighted by Gasteiger charge is 2.12. The Balaban J connectivity index is 2.08. The minimum atomic E-state index is -0.829. The molecule has 2 rings (SSSR count). The van der Waals surface area contributed by atoms with Gasteiger partial charge in [-0.15, -0.1) is 0 Å². The summed E-state index contributed by atoms with van der Waals surface area (Å²) < 4.78 is 12.3. The van der Waals surface area contributed by atoms with Crippen LogP contribution in [0, 0.1) is 0 Å². The number of hydrazone groups is 1. The molecule has 7 nitrogen and oxygen atoms in total. The Bertz CT molecular complexity index is 838. The second-order valence-electron chi connectivity index (χ2n) is 5.75. The van der Waals surface area contributed by atoms with Gasteiger partial charge in [-0.2, -0.15) is 5.10 Å². The Labute approximate surface area is 172 Å². The van der Waals surface area contributed by atoms with Crippen LogP contribution >= 0.6 is 15.9 Å². The molecular weight excluding hydrogens is 426 g/mol. The van der Waals surface area contributed by atoms with Crippen molar-refractivity contribution in [2.75, 3.05) is 13.7 Å². The first-order chi connectivity index (χ1) is 13.5. The lowest BCUT2D eigenvalue weighted by molar-refractivity contribution is -0.139. The number of nitrogens with one attached hydrogen (secondary N) is 2. The molecule has 0 atom stereocenters. The van der Waals surface area contributed by atoms with E-state index in [9.17, 15) is 9.59 Å². The van der Waals surface area contributed by atoms with Crippen LogP contribution in [0.5, 0.6) is 11.5 Å². The Morgan fingerprint density at radius 1 is 1.14 bits per heavy atom. The van der Waals surface area contributed by atoms with E-state index in [1.165, 1.54) is 6.21 Å². The topological polar surface area (TPSA) is 89.0 Å². The summed E-state index contributed by atoms with van der Waals surface area (Å²) in [5.74, 6) is -0.532. The molecule has 148 valence electrons. The molecule has 0 aliphatic heterocycles. The summed E-state index contributed by atoms with van der Waals surface area (Å²) in [7, 11) is 1.54. The molecule has 0 bridgehead atoms. The highest BCUT2D eigenvalue weighted by molar-refractivity contribution is 9.10. The first-order valence-electron chi connectivity index (χ1n) is 8.70. The van der Waals surface area contributed by atoms with Crippen LogP contribution < -0.4 is 20.2 Å². The fourth-order valence-corrected chi connectivity index (χ4v) is 2.48. The van der Waals surface area contributed by atoms with Gasteiger partial charge in [0.05, 0.1) is 13.3 Å². The second-order valence-corrected chi connectivity index (χ2v) is 6.66. The molecule has 28 heavy (non-hydrogen) atoms. The first-order valence-corrected chi connectivity index (χ1v) is 9.50. The fourth-order valence-electron chi connectivity index (χ4n) is 2.22. The van der Waals surface area contributed by atoms with Crippen LogP contribution in [-0.2, 0) is 16.2 Å². The SMILES string of the molecule is CCCNC(=O)C(=O)N/N=C\c1cccc(OC)c1OCc1ccc(Br)cc1. The Hall–Kier alpha value is -2.87. The lowest BCUT2D eigenvalue weighted by Gasteiger charge is -2.13. The van der Waals surface area contributed by atoms with Crippen LogP contribution in [0.3, 0.4) is 0 Å². The van der Waals surface area contributed by atoms with E-state index < -0.39 is 11.8 Å². The standard InChI is InChI=1S/C20H22BrN3O4/c1-3-11-22-19(25)20(26)24-23-12-15-5-4-6-17(27-2)18(15)28-13-14-7-9-16(21)10-8-14/h4-10,12H,3,11,13H2,1-2H3,(H,22,25)(H,24,26)/b23-12-. The highest BCUT2D eigenvalue weighted by Crippen LogP contribution is 2.30. The average Bonchev–Trinajstić information content (AvgIpc) is 2.71. The number of nitrogens with zero attached hydrogens (tertiary/aromatic N) is 1. The zero-order valence-corrected chi connectivity index (χ0v) is 17.3. The lowest BCUT2D eigenvalue weighted by atomic mass is 10.2. The molecule has 0 aromatic heterocycles. The van der Waals surface area contributed by atoms with Crippen LogP contribution in [0.15, 0.2) is 52.0 Å². The third-order valence-corrected chi connectivity index (χ3v) is 4.17. The van der Waals surface area contributed by atoms with E-state index in [0.717, 1.165) is 16.5 Å². The first kappa shape index (κ1) is 21.4. The summed E-state index contributed by atoms with van der Waals surface area (Å²) in [4.78, 5) is 23.2.